The molecule has 0 radical (unpaired) electrons. The molecule has 4 N–H and O–H groups in total. The van der Waals surface area contributed by atoms with Crippen LogP contribution in [0.4, 0.5) is 0 Å². The Morgan fingerprint density at radius 1 is 1.52 bits per heavy atom. The van der Waals surface area contributed by atoms with Crippen molar-refractivity contribution in [3.8, 4) is 0 Å². The predicted molar refractivity (Wildman–Crippen MR) is 84.7 cm³/mol. The number of thiophene rings is 1. The van der Waals surface area contributed by atoms with Crippen LogP contribution in [-0.2, 0) is 10.2 Å². The van der Waals surface area contributed by atoms with Crippen LogP contribution in [-0.4, -0.2) is 23.5 Å². The van der Waals surface area contributed by atoms with E-state index in [0.29, 0.717) is 19.4 Å². The Hall–Kier alpha value is -1.56. The van der Waals surface area contributed by atoms with E-state index in [1.54, 1.807) is 11.3 Å². The molecule has 1 heterocycles. The van der Waals surface area contributed by atoms with Gasteiger partial charge in [-0.15, -0.1) is 11.3 Å². The highest BCUT2D eigenvalue weighted by molar-refractivity contribution is 7.10. The molecule has 0 spiro atoms. The molecule has 1 aliphatic rings. The van der Waals surface area contributed by atoms with E-state index >= 15 is 0 Å². The van der Waals surface area contributed by atoms with Gasteiger partial charge in [0, 0.05) is 16.8 Å². The van der Waals surface area contributed by atoms with Crippen molar-refractivity contribution < 1.29 is 10.0 Å². The van der Waals surface area contributed by atoms with Crippen molar-refractivity contribution in [1.82, 2.24) is 5.32 Å². The molecule has 0 aliphatic heterocycles. The molecule has 0 bridgehead atoms. The summed E-state index contributed by atoms with van der Waals surface area (Å²) < 4.78 is 0. The second-order valence-corrected chi connectivity index (χ2v) is 7.27. The molecule has 0 saturated heterocycles. The Morgan fingerprint density at radius 2 is 2.19 bits per heavy atom. The number of amidine groups is 1. The summed E-state index contributed by atoms with van der Waals surface area (Å²) in [6.45, 7) is 4.74. The van der Waals surface area contributed by atoms with Crippen LogP contribution in [0.15, 0.2) is 22.7 Å². The van der Waals surface area contributed by atoms with Gasteiger partial charge in [-0.2, -0.15) is 0 Å². The van der Waals surface area contributed by atoms with Crippen LogP contribution in [0.25, 0.3) is 0 Å². The zero-order chi connectivity index (χ0) is 15.5. The highest BCUT2D eigenvalue weighted by Gasteiger charge is 2.45. The number of oxime groups is 1. The Bertz CT molecular complexity index is 517. The number of nitrogens with zero attached hydrogens (tertiary/aromatic N) is 1. The lowest BCUT2D eigenvalue weighted by Gasteiger charge is -2.29. The summed E-state index contributed by atoms with van der Waals surface area (Å²) >= 11 is 1.68. The summed E-state index contributed by atoms with van der Waals surface area (Å²) in [7, 11) is 0. The van der Waals surface area contributed by atoms with Crippen molar-refractivity contribution in [3.63, 3.8) is 0 Å². The van der Waals surface area contributed by atoms with Gasteiger partial charge in [-0.1, -0.05) is 37.9 Å². The molecule has 6 heteroatoms. The number of hydrogen-bond donors (Lipinski definition) is 3. The third kappa shape index (κ3) is 3.05. The Balaban J connectivity index is 2.07. The van der Waals surface area contributed by atoms with E-state index in [1.165, 1.54) is 4.88 Å². The van der Waals surface area contributed by atoms with E-state index in [1.807, 2.05) is 11.4 Å². The molecule has 1 aromatic heterocycles. The molecule has 1 aliphatic carbocycles. The summed E-state index contributed by atoms with van der Waals surface area (Å²) in [5.41, 5.74) is 4.83. The number of rotatable bonds is 5. The monoisotopic (exact) mass is 309 g/mol. The molecular weight excluding hydrogens is 286 g/mol. The molecule has 1 aromatic rings. The minimum absolute atomic E-state index is 0.0337. The normalized spacial score (nSPS) is 18.7. The maximum Gasteiger partial charge on any atom is 0.233 e. The van der Waals surface area contributed by atoms with Gasteiger partial charge < -0.3 is 16.3 Å². The average molecular weight is 309 g/mol. The van der Waals surface area contributed by atoms with Gasteiger partial charge in [0.25, 0.3) is 0 Å². The van der Waals surface area contributed by atoms with Gasteiger partial charge in [0.2, 0.25) is 5.91 Å². The topological polar surface area (TPSA) is 87.7 Å². The minimum Gasteiger partial charge on any atom is -0.409 e. The van der Waals surface area contributed by atoms with Gasteiger partial charge in [-0.25, -0.2) is 0 Å². The first kappa shape index (κ1) is 15.8. The van der Waals surface area contributed by atoms with E-state index < -0.39 is 5.41 Å². The first-order valence-electron chi connectivity index (χ1n) is 7.23. The van der Waals surface area contributed by atoms with Gasteiger partial charge in [0.15, 0.2) is 5.84 Å². The molecule has 1 saturated carbocycles. The van der Waals surface area contributed by atoms with Crippen molar-refractivity contribution in [1.29, 1.82) is 0 Å². The zero-order valence-corrected chi connectivity index (χ0v) is 13.4. The first-order valence-corrected chi connectivity index (χ1v) is 8.11. The van der Waals surface area contributed by atoms with E-state index in [2.05, 4.69) is 30.4 Å². The number of nitrogens with one attached hydrogen (secondary N) is 1. The fraction of sp³-hybridized carbons (Fsp3) is 0.600. The van der Waals surface area contributed by atoms with Crippen LogP contribution >= 0.6 is 11.3 Å². The van der Waals surface area contributed by atoms with Crippen molar-refractivity contribution >= 4 is 23.1 Å². The second kappa shape index (κ2) is 6.05. The Kier molecular flexibility index (Phi) is 4.56. The lowest BCUT2D eigenvalue weighted by atomic mass is 9.83. The number of carbonyl (C=O) groups excluding carboxylic acids is 1. The van der Waals surface area contributed by atoms with Crippen LogP contribution in [0.3, 0.4) is 0 Å². The van der Waals surface area contributed by atoms with Gasteiger partial charge in [0.05, 0.1) is 0 Å². The summed E-state index contributed by atoms with van der Waals surface area (Å²) in [6, 6.07) is 4.09. The van der Waals surface area contributed by atoms with Gasteiger partial charge >= 0.3 is 0 Å². The van der Waals surface area contributed by atoms with Crippen molar-refractivity contribution in [3.05, 3.63) is 22.4 Å². The SMILES string of the molecule is CC(C)(CNC(=O)C1(/C(N)=N/O)CCCC1)c1cccs1. The van der Waals surface area contributed by atoms with Crippen molar-refractivity contribution in [2.75, 3.05) is 6.54 Å². The van der Waals surface area contributed by atoms with E-state index in [9.17, 15) is 4.79 Å². The predicted octanol–water partition coefficient (Wildman–Crippen LogP) is 2.45. The average Bonchev–Trinajstić information content (AvgIpc) is 3.15. The van der Waals surface area contributed by atoms with E-state index in [4.69, 9.17) is 10.9 Å². The summed E-state index contributed by atoms with van der Waals surface area (Å²) in [5.74, 6) is -0.0913. The standard InChI is InChI=1S/C15H23N3O2S/c1-14(2,11-6-5-9-21-11)10-17-13(19)15(12(16)18-20)7-3-4-8-15/h5-6,9,20H,3-4,7-8,10H2,1-2H3,(H2,16,18)(H,17,19). The van der Waals surface area contributed by atoms with Gasteiger partial charge in [0.1, 0.15) is 5.41 Å². The Morgan fingerprint density at radius 3 is 2.71 bits per heavy atom. The number of carbonyl (C=O) groups is 1. The van der Waals surface area contributed by atoms with Crippen molar-refractivity contribution in [2.24, 2.45) is 16.3 Å². The molecule has 2 rings (SSSR count). The highest BCUT2D eigenvalue weighted by Crippen LogP contribution is 2.39. The van der Waals surface area contributed by atoms with Crippen LogP contribution < -0.4 is 11.1 Å². The van der Waals surface area contributed by atoms with E-state index in [-0.39, 0.29) is 17.2 Å². The second-order valence-electron chi connectivity index (χ2n) is 6.32. The molecule has 1 amide bonds. The summed E-state index contributed by atoms with van der Waals surface area (Å²) in [5, 5.41) is 17.1. The maximum atomic E-state index is 12.6. The lowest BCUT2D eigenvalue weighted by molar-refractivity contribution is -0.127. The third-order valence-corrected chi connectivity index (χ3v) is 5.60. The molecule has 5 nitrogen and oxygen atoms in total. The summed E-state index contributed by atoms with van der Waals surface area (Å²) in [6.07, 6.45) is 3.15. The number of nitrogens with two attached hydrogens (primary N) is 1. The van der Waals surface area contributed by atoms with Gasteiger partial charge in [-0.3, -0.25) is 4.79 Å². The molecule has 0 unspecified atom stereocenters. The van der Waals surface area contributed by atoms with Crippen LogP contribution in [0, 0.1) is 5.41 Å². The third-order valence-electron chi connectivity index (χ3n) is 4.37. The molecule has 21 heavy (non-hydrogen) atoms. The largest absolute Gasteiger partial charge is 0.409 e. The Labute approximate surface area is 129 Å². The van der Waals surface area contributed by atoms with Crippen molar-refractivity contribution in [2.45, 2.75) is 44.9 Å². The molecule has 1 fully saturated rings. The molecule has 0 aromatic carbocycles. The number of amides is 1. The zero-order valence-electron chi connectivity index (χ0n) is 12.6. The van der Waals surface area contributed by atoms with E-state index in [0.717, 1.165) is 12.8 Å². The highest BCUT2D eigenvalue weighted by atomic mass is 32.1. The van der Waals surface area contributed by atoms with Crippen LogP contribution in [0.1, 0.15) is 44.4 Å². The van der Waals surface area contributed by atoms with Crippen LogP contribution in [0.2, 0.25) is 0 Å². The summed E-state index contributed by atoms with van der Waals surface area (Å²) in [4.78, 5) is 13.8. The van der Waals surface area contributed by atoms with Crippen LogP contribution in [0.5, 0.6) is 0 Å². The smallest absolute Gasteiger partial charge is 0.233 e. The molecule has 116 valence electrons. The fourth-order valence-corrected chi connectivity index (χ4v) is 3.75. The first-order chi connectivity index (χ1) is 9.92. The molecular formula is C15H23N3O2S. The fourth-order valence-electron chi connectivity index (χ4n) is 2.90. The maximum absolute atomic E-state index is 12.6. The molecule has 0 atom stereocenters. The quantitative estimate of drug-likeness (QED) is 0.338. The number of hydrogen-bond acceptors (Lipinski definition) is 4. The lowest BCUT2D eigenvalue weighted by Crippen LogP contribution is -2.50. The minimum atomic E-state index is -0.833. The van der Waals surface area contributed by atoms with Gasteiger partial charge in [-0.05, 0) is 24.3 Å².